The Bertz CT molecular complexity index is 587. The predicted octanol–water partition coefficient (Wildman–Crippen LogP) is 3.18. The Kier molecular flexibility index (Phi) is 5.40. The van der Waals surface area contributed by atoms with Crippen molar-refractivity contribution in [1.82, 2.24) is 19.6 Å². The van der Waals surface area contributed by atoms with Gasteiger partial charge in [0.25, 0.3) is 0 Å². The fourth-order valence-electron chi connectivity index (χ4n) is 5.26. The molecule has 26 heavy (non-hydrogen) atoms. The maximum atomic E-state index is 5.63. The fraction of sp³-hybridized carbons (Fsp3) is 0.857. The molecule has 0 aromatic carbocycles. The van der Waals surface area contributed by atoms with Crippen molar-refractivity contribution in [2.75, 3.05) is 39.9 Å². The zero-order valence-electron chi connectivity index (χ0n) is 16.9. The summed E-state index contributed by atoms with van der Waals surface area (Å²) < 4.78 is 7.70. The third-order valence-corrected chi connectivity index (χ3v) is 7.24. The maximum absolute atomic E-state index is 5.63. The van der Waals surface area contributed by atoms with Crippen molar-refractivity contribution in [3.05, 3.63) is 18.0 Å². The summed E-state index contributed by atoms with van der Waals surface area (Å²) in [6, 6.07) is 1.31. The van der Waals surface area contributed by atoms with Crippen LogP contribution in [0.3, 0.4) is 0 Å². The average Bonchev–Trinajstić information content (AvgIpc) is 3.15. The third-order valence-electron chi connectivity index (χ3n) is 7.24. The molecule has 5 nitrogen and oxygen atoms in total. The molecule has 1 atom stereocenters. The molecule has 3 aliphatic rings. The Morgan fingerprint density at radius 1 is 1.27 bits per heavy atom. The average molecular weight is 361 g/mol. The Labute approximate surface area is 158 Å². The van der Waals surface area contributed by atoms with E-state index in [9.17, 15) is 0 Å². The van der Waals surface area contributed by atoms with Crippen molar-refractivity contribution in [2.45, 2.75) is 64.6 Å². The second-order valence-corrected chi connectivity index (χ2v) is 9.23. The van der Waals surface area contributed by atoms with E-state index >= 15 is 0 Å². The van der Waals surface area contributed by atoms with Gasteiger partial charge < -0.3 is 4.74 Å². The summed E-state index contributed by atoms with van der Waals surface area (Å²) in [5.41, 5.74) is 1.84. The number of methoxy groups -OCH3 is 1. The smallest absolute Gasteiger partial charge is 0.0534 e. The van der Waals surface area contributed by atoms with Crippen LogP contribution in [0, 0.1) is 11.3 Å². The lowest BCUT2D eigenvalue weighted by atomic mass is 9.71. The number of likely N-dealkylation sites (tertiary alicyclic amines) is 2. The molecule has 1 unspecified atom stereocenters. The minimum atomic E-state index is 0.444. The van der Waals surface area contributed by atoms with Crippen molar-refractivity contribution < 1.29 is 4.74 Å². The monoisotopic (exact) mass is 360 g/mol. The number of rotatable bonds is 6. The van der Waals surface area contributed by atoms with Crippen LogP contribution in [0.1, 0.15) is 57.6 Å². The van der Waals surface area contributed by atoms with Gasteiger partial charge in [-0.2, -0.15) is 5.10 Å². The molecule has 0 N–H and O–H groups in total. The Morgan fingerprint density at radius 3 is 2.62 bits per heavy atom. The molecule has 3 fully saturated rings. The van der Waals surface area contributed by atoms with E-state index in [1.54, 1.807) is 0 Å². The summed E-state index contributed by atoms with van der Waals surface area (Å²) >= 11 is 0. The molecule has 1 aliphatic carbocycles. The largest absolute Gasteiger partial charge is 0.384 e. The molecule has 1 spiro atoms. The van der Waals surface area contributed by atoms with Crippen molar-refractivity contribution >= 4 is 0 Å². The highest BCUT2D eigenvalue weighted by atomic mass is 16.5. The van der Waals surface area contributed by atoms with E-state index in [4.69, 9.17) is 4.74 Å². The van der Waals surface area contributed by atoms with Gasteiger partial charge in [0.05, 0.1) is 12.8 Å². The van der Waals surface area contributed by atoms with Crippen molar-refractivity contribution in [3.8, 4) is 0 Å². The highest BCUT2D eigenvalue weighted by Crippen LogP contribution is 2.47. The topological polar surface area (TPSA) is 33.5 Å². The Balaban J connectivity index is 1.36. The van der Waals surface area contributed by atoms with E-state index in [0.29, 0.717) is 11.5 Å². The molecule has 2 saturated heterocycles. The highest BCUT2D eigenvalue weighted by Gasteiger charge is 2.49. The normalized spacial score (nSPS) is 27.5. The van der Waals surface area contributed by atoms with E-state index in [-0.39, 0.29) is 0 Å². The lowest BCUT2D eigenvalue weighted by Crippen LogP contribution is -2.45. The number of nitrogens with zero attached hydrogens (tertiary/aromatic N) is 4. The zero-order chi connectivity index (χ0) is 18.1. The van der Waals surface area contributed by atoms with Crippen molar-refractivity contribution in [1.29, 1.82) is 0 Å². The first kappa shape index (κ1) is 18.5. The number of hydrogen-bond donors (Lipinski definition) is 0. The quantitative estimate of drug-likeness (QED) is 0.780. The standard InChI is InChI=1S/C21H36N4O/c1-17(2)25-13-18(11-22-25)12-23-9-7-21(8-10-23)16-24(20-5-4-6-20)14-19(21)15-26-3/h11,13,17,19-20H,4-10,12,14-16H2,1-3H3. The molecule has 146 valence electrons. The van der Waals surface area contributed by atoms with Crippen LogP contribution in [0.4, 0.5) is 0 Å². The first-order valence-electron chi connectivity index (χ1n) is 10.6. The van der Waals surface area contributed by atoms with Crippen LogP contribution in [-0.2, 0) is 11.3 Å². The Hall–Kier alpha value is -0.910. The molecular formula is C21H36N4O. The first-order valence-corrected chi connectivity index (χ1v) is 10.6. The summed E-state index contributed by atoms with van der Waals surface area (Å²) in [7, 11) is 1.88. The van der Waals surface area contributed by atoms with Gasteiger partial charge in [-0.15, -0.1) is 0 Å². The molecule has 0 radical (unpaired) electrons. The molecule has 0 amide bonds. The van der Waals surface area contributed by atoms with Gasteiger partial charge in [0.15, 0.2) is 0 Å². The van der Waals surface area contributed by atoms with Crippen LogP contribution in [0.15, 0.2) is 12.4 Å². The summed E-state index contributed by atoms with van der Waals surface area (Å²) in [5, 5.41) is 4.50. The van der Waals surface area contributed by atoms with E-state index < -0.39 is 0 Å². The second kappa shape index (κ2) is 7.61. The van der Waals surface area contributed by atoms with Gasteiger partial charge in [-0.1, -0.05) is 6.42 Å². The summed E-state index contributed by atoms with van der Waals surface area (Å²) in [6.45, 7) is 11.4. The van der Waals surface area contributed by atoms with Crippen LogP contribution in [0.5, 0.6) is 0 Å². The van der Waals surface area contributed by atoms with Gasteiger partial charge in [0, 0.05) is 56.5 Å². The number of ether oxygens (including phenoxy) is 1. The van der Waals surface area contributed by atoms with E-state index in [2.05, 4.69) is 39.6 Å². The molecule has 1 saturated carbocycles. The van der Waals surface area contributed by atoms with Crippen LogP contribution >= 0.6 is 0 Å². The minimum absolute atomic E-state index is 0.444. The summed E-state index contributed by atoms with van der Waals surface area (Å²) in [5.74, 6) is 0.721. The molecule has 2 aliphatic heterocycles. The lowest BCUT2D eigenvalue weighted by Gasteiger charge is -2.43. The molecular weight excluding hydrogens is 324 g/mol. The molecule has 1 aromatic heterocycles. The zero-order valence-corrected chi connectivity index (χ0v) is 16.9. The predicted molar refractivity (Wildman–Crippen MR) is 104 cm³/mol. The SMILES string of the molecule is COCC1CN(C2CCC2)CC12CCN(Cc1cnn(C(C)C)c1)CC2. The minimum Gasteiger partial charge on any atom is -0.384 e. The molecule has 1 aromatic rings. The summed E-state index contributed by atoms with van der Waals surface area (Å²) in [4.78, 5) is 5.43. The van der Waals surface area contributed by atoms with E-state index in [1.807, 2.05) is 13.3 Å². The number of aromatic nitrogens is 2. The van der Waals surface area contributed by atoms with E-state index in [1.165, 1.54) is 63.8 Å². The fourth-order valence-corrected chi connectivity index (χ4v) is 5.26. The van der Waals surface area contributed by atoms with Crippen LogP contribution in [0.2, 0.25) is 0 Å². The maximum Gasteiger partial charge on any atom is 0.0534 e. The number of piperidine rings is 1. The van der Waals surface area contributed by atoms with Gasteiger partial charge in [-0.25, -0.2) is 0 Å². The van der Waals surface area contributed by atoms with Gasteiger partial charge >= 0.3 is 0 Å². The second-order valence-electron chi connectivity index (χ2n) is 9.23. The Morgan fingerprint density at radius 2 is 2.04 bits per heavy atom. The highest BCUT2D eigenvalue weighted by molar-refractivity contribution is 5.06. The molecule has 0 bridgehead atoms. The molecule has 5 heteroatoms. The van der Waals surface area contributed by atoms with Crippen LogP contribution < -0.4 is 0 Å². The van der Waals surface area contributed by atoms with Crippen molar-refractivity contribution in [2.24, 2.45) is 11.3 Å². The van der Waals surface area contributed by atoms with Crippen molar-refractivity contribution in [3.63, 3.8) is 0 Å². The van der Waals surface area contributed by atoms with Gasteiger partial charge in [0.1, 0.15) is 0 Å². The number of hydrogen-bond acceptors (Lipinski definition) is 4. The molecule has 4 rings (SSSR count). The first-order chi connectivity index (χ1) is 12.6. The third kappa shape index (κ3) is 3.58. The molecule has 3 heterocycles. The van der Waals surface area contributed by atoms with Gasteiger partial charge in [-0.05, 0) is 58.0 Å². The van der Waals surface area contributed by atoms with E-state index in [0.717, 1.165) is 25.1 Å². The van der Waals surface area contributed by atoms with Crippen LogP contribution in [-0.4, -0.2) is 65.5 Å². The van der Waals surface area contributed by atoms with Gasteiger partial charge in [0.2, 0.25) is 0 Å². The van der Waals surface area contributed by atoms with Gasteiger partial charge in [-0.3, -0.25) is 14.5 Å². The lowest BCUT2D eigenvalue weighted by molar-refractivity contribution is 0.0336. The summed E-state index contributed by atoms with van der Waals surface area (Å²) in [6.07, 6.45) is 11.2. The van der Waals surface area contributed by atoms with Crippen LogP contribution in [0.25, 0.3) is 0 Å².